The van der Waals surface area contributed by atoms with Crippen LogP contribution in [0.1, 0.15) is 23.7 Å². The molecule has 13 heavy (non-hydrogen) atoms. The van der Waals surface area contributed by atoms with Crippen LogP contribution in [0.2, 0.25) is 0 Å². The lowest BCUT2D eigenvalue weighted by Crippen LogP contribution is -2.01. The zero-order valence-corrected chi connectivity index (χ0v) is 8.08. The van der Waals surface area contributed by atoms with Gasteiger partial charge in [0, 0.05) is 18.1 Å². The highest BCUT2D eigenvalue weighted by Gasteiger charge is 2.06. The molecule has 0 N–H and O–H groups in total. The van der Waals surface area contributed by atoms with Gasteiger partial charge in [-0.3, -0.25) is 0 Å². The Labute approximate surface area is 80.9 Å². The second-order valence-electron chi connectivity index (χ2n) is 2.32. The van der Waals surface area contributed by atoms with Crippen molar-refractivity contribution in [2.45, 2.75) is 13.3 Å². The van der Waals surface area contributed by atoms with Gasteiger partial charge >= 0.3 is 5.97 Å². The van der Waals surface area contributed by atoms with Crippen LogP contribution in [0, 0.1) is 0 Å². The van der Waals surface area contributed by atoms with Crippen molar-refractivity contribution in [3.8, 4) is 0 Å². The predicted octanol–water partition coefficient (Wildman–Crippen LogP) is 1.69. The van der Waals surface area contributed by atoms with E-state index < -0.39 is 0 Å². The zero-order valence-electron chi connectivity index (χ0n) is 7.27. The SMILES string of the molecule is CCCSOC(=O)c1cncnc1. The molecule has 1 aromatic heterocycles. The summed E-state index contributed by atoms with van der Waals surface area (Å²) >= 11 is 1.15. The van der Waals surface area contributed by atoms with Crippen molar-refractivity contribution in [3.05, 3.63) is 24.3 Å². The molecular formula is C8H10N2O2S. The molecule has 0 saturated carbocycles. The molecule has 0 unspecified atom stereocenters. The molecule has 4 nitrogen and oxygen atoms in total. The highest BCUT2D eigenvalue weighted by Crippen LogP contribution is 2.08. The summed E-state index contributed by atoms with van der Waals surface area (Å²) in [4.78, 5) is 18.6. The molecule has 1 heterocycles. The fraction of sp³-hybridized carbons (Fsp3) is 0.375. The molecule has 0 aromatic carbocycles. The highest BCUT2D eigenvalue weighted by atomic mass is 32.2. The molecule has 0 aliphatic heterocycles. The average Bonchev–Trinajstić information content (AvgIpc) is 2.19. The number of hydrogen-bond acceptors (Lipinski definition) is 5. The predicted molar refractivity (Wildman–Crippen MR) is 50.2 cm³/mol. The van der Waals surface area contributed by atoms with Crippen LogP contribution >= 0.6 is 12.0 Å². The first-order valence-electron chi connectivity index (χ1n) is 3.93. The number of rotatable bonds is 4. The van der Waals surface area contributed by atoms with Crippen LogP contribution in [0.4, 0.5) is 0 Å². The monoisotopic (exact) mass is 198 g/mol. The van der Waals surface area contributed by atoms with Gasteiger partial charge in [0.05, 0.1) is 17.6 Å². The van der Waals surface area contributed by atoms with E-state index in [9.17, 15) is 4.79 Å². The Hall–Kier alpha value is -1.10. The third-order valence-electron chi connectivity index (χ3n) is 1.22. The molecule has 0 aliphatic rings. The van der Waals surface area contributed by atoms with Crippen LogP contribution in [-0.4, -0.2) is 21.7 Å². The first kappa shape index (κ1) is 9.98. The highest BCUT2D eigenvalue weighted by molar-refractivity contribution is 7.95. The Morgan fingerprint density at radius 3 is 2.85 bits per heavy atom. The van der Waals surface area contributed by atoms with Crippen molar-refractivity contribution in [2.24, 2.45) is 0 Å². The summed E-state index contributed by atoms with van der Waals surface area (Å²) in [6.07, 6.45) is 5.21. The Balaban J connectivity index is 2.40. The van der Waals surface area contributed by atoms with Gasteiger partial charge in [-0.1, -0.05) is 6.92 Å². The summed E-state index contributed by atoms with van der Waals surface area (Å²) in [6, 6.07) is 0. The van der Waals surface area contributed by atoms with E-state index in [0.29, 0.717) is 5.56 Å². The molecule has 1 aromatic rings. The van der Waals surface area contributed by atoms with E-state index in [1.54, 1.807) is 0 Å². The lowest BCUT2D eigenvalue weighted by Gasteiger charge is -1.99. The van der Waals surface area contributed by atoms with Crippen molar-refractivity contribution in [2.75, 3.05) is 5.75 Å². The second-order valence-corrected chi connectivity index (χ2v) is 3.13. The first-order valence-corrected chi connectivity index (χ1v) is 4.84. The smallest absolute Gasteiger partial charge is 0.353 e. The molecule has 0 amide bonds. The fourth-order valence-corrected chi connectivity index (χ4v) is 1.08. The molecule has 0 fully saturated rings. The Morgan fingerprint density at radius 2 is 2.23 bits per heavy atom. The Bertz CT molecular complexity index is 266. The number of hydrogen-bond donors (Lipinski definition) is 0. The van der Waals surface area contributed by atoms with Gasteiger partial charge in [-0.2, -0.15) is 0 Å². The van der Waals surface area contributed by atoms with E-state index in [-0.39, 0.29) is 5.97 Å². The molecule has 0 spiro atoms. The third-order valence-corrected chi connectivity index (χ3v) is 2.06. The standard InChI is InChI=1S/C8H10N2O2S/c1-2-3-13-12-8(11)7-4-9-6-10-5-7/h4-6H,2-3H2,1H3. The maximum atomic E-state index is 11.2. The summed E-state index contributed by atoms with van der Waals surface area (Å²) in [7, 11) is 0. The van der Waals surface area contributed by atoms with Gasteiger partial charge in [0.25, 0.3) is 0 Å². The van der Waals surface area contributed by atoms with Crippen LogP contribution in [0.25, 0.3) is 0 Å². The van der Waals surface area contributed by atoms with Crippen molar-refractivity contribution < 1.29 is 8.98 Å². The lowest BCUT2D eigenvalue weighted by molar-refractivity contribution is 0.0767. The average molecular weight is 198 g/mol. The van der Waals surface area contributed by atoms with Crippen molar-refractivity contribution in [1.82, 2.24) is 9.97 Å². The van der Waals surface area contributed by atoms with E-state index in [1.807, 2.05) is 6.92 Å². The molecule has 5 heteroatoms. The van der Waals surface area contributed by atoms with Crippen LogP contribution in [0.5, 0.6) is 0 Å². The van der Waals surface area contributed by atoms with Gasteiger partial charge < -0.3 is 4.18 Å². The zero-order chi connectivity index (χ0) is 9.52. The molecule has 0 radical (unpaired) electrons. The largest absolute Gasteiger partial charge is 0.388 e. The molecule has 0 aliphatic carbocycles. The summed E-state index contributed by atoms with van der Waals surface area (Å²) in [5.74, 6) is 0.415. The summed E-state index contributed by atoms with van der Waals surface area (Å²) in [6.45, 7) is 2.02. The molecule has 1 rings (SSSR count). The third kappa shape index (κ3) is 3.42. The number of carbonyl (C=O) groups is 1. The molecule has 0 atom stereocenters. The first-order chi connectivity index (χ1) is 6.34. The minimum Gasteiger partial charge on any atom is -0.388 e. The van der Waals surface area contributed by atoms with Crippen LogP contribution in [0.3, 0.4) is 0 Å². The minimum absolute atomic E-state index is 0.381. The summed E-state index contributed by atoms with van der Waals surface area (Å²) in [5, 5.41) is 0. The van der Waals surface area contributed by atoms with Gasteiger partial charge in [0.1, 0.15) is 6.33 Å². The van der Waals surface area contributed by atoms with E-state index in [2.05, 4.69) is 9.97 Å². The minimum atomic E-state index is -0.390. The number of nitrogens with zero attached hydrogens (tertiary/aromatic N) is 2. The maximum absolute atomic E-state index is 11.2. The molecule has 0 bridgehead atoms. The summed E-state index contributed by atoms with van der Waals surface area (Å²) < 4.78 is 4.87. The van der Waals surface area contributed by atoms with Crippen LogP contribution in [-0.2, 0) is 4.18 Å². The topological polar surface area (TPSA) is 52.1 Å². The Morgan fingerprint density at radius 1 is 1.54 bits per heavy atom. The lowest BCUT2D eigenvalue weighted by atomic mass is 10.4. The van der Waals surface area contributed by atoms with Gasteiger partial charge in [-0.25, -0.2) is 14.8 Å². The van der Waals surface area contributed by atoms with Crippen LogP contribution < -0.4 is 0 Å². The molecule has 70 valence electrons. The fourth-order valence-electron chi connectivity index (χ4n) is 0.631. The number of aromatic nitrogens is 2. The normalized spacial score (nSPS) is 9.62. The quantitative estimate of drug-likeness (QED) is 0.544. The van der Waals surface area contributed by atoms with E-state index in [0.717, 1.165) is 24.2 Å². The van der Waals surface area contributed by atoms with Crippen molar-refractivity contribution in [3.63, 3.8) is 0 Å². The van der Waals surface area contributed by atoms with Gasteiger partial charge in [-0.05, 0) is 6.42 Å². The van der Waals surface area contributed by atoms with Crippen molar-refractivity contribution >= 4 is 18.0 Å². The van der Waals surface area contributed by atoms with Gasteiger partial charge in [-0.15, -0.1) is 0 Å². The van der Waals surface area contributed by atoms with E-state index in [4.69, 9.17) is 4.18 Å². The number of carbonyl (C=O) groups excluding carboxylic acids is 1. The molecular weight excluding hydrogens is 188 g/mol. The Kier molecular flexibility index (Phi) is 4.25. The van der Waals surface area contributed by atoms with Gasteiger partial charge in [0.15, 0.2) is 0 Å². The maximum Gasteiger partial charge on any atom is 0.353 e. The van der Waals surface area contributed by atoms with Gasteiger partial charge in [0.2, 0.25) is 0 Å². The van der Waals surface area contributed by atoms with E-state index in [1.165, 1.54) is 18.7 Å². The van der Waals surface area contributed by atoms with Crippen LogP contribution in [0.15, 0.2) is 18.7 Å². The second kappa shape index (κ2) is 5.53. The molecule has 0 saturated heterocycles. The van der Waals surface area contributed by atoms with Crippen molar-refractivity contribution in [1.29, 1.82) is 0 Å². The van der Waals surface area contributed by atoms with E-state index >= 15 is 0 Å². The summed E-state index contributed by atoms with van der Waals surface area (Å²) in [5.41, 5.74) is 0.381.